The molecular formula is C73H58N4. The minimum atomic E-state index is 0.160. The number of anilines is 8. The third-order valence-corrected chi connectivity index (χ3v) is 15.2. The first-order chi connectivity index (χ1) is 38.1. The molecule has 2 heterocycles. The van der Waals surface area contributed by atoms with E-state index in [0.29, 0.717) is 0 Å². The van der Waals surface area contributed by atoms with Gasteiger partial charge in [-0.1, -0.05) is 182 Å². The molecule has 0 saturated carbocycles. The number of allylic oxidation sites excluding steroid dienone is 7. The predicted octanol–water partition coefficient (Wildman–Crippen LogP) is 20.1. The summed E-state index contributed by atoms with van der Waals surface area (Å²) >= 11 is 0. The summed E-state index contributed by atoms with van der Waals surface area (Å²) in [5.74, 6) is 0. The van der Waals surface area contributed by atoms with E-state index in [1.54, 1.807) is 0 Å². The smallest absolute Gasteiger partial charge is 0.0542 e. The van der Waals surface area contributed by atoms with Crippen LogP contribution in [-0.2, 0) is 6.42 Å². The maximum atomic E-state index is 2.45. The van der Waals surface area contributed by atoms with Crippen LogP contribution >= 0.6 is 0 Å². The van der Waals surface area contributed by atoms with Crippen LogP contribution in [0.3, 0.4) is 0 Å². The predicted molar refractivity (Wildman–Crippen MR) is 328 cm³/mol. The lowest BCUT2D eigenvalue weighted by molar-refractivity contribution is 0.860. The second-order valence-corrected chi connectivity index (χ2v) is 20.0. The summed E-state index contributed by atoms with van der Waals surface area (Å²) < 4.78 is 2.43. The Morgan fingerprint density at radius 2 is 0.857 bits per heavy atom. The fourth-order valence-electron chi connectivity index (χ4n) is 11.4. The number of aromatic nitrogens is 1. The van der Waals surface area contributed by atoms with Gasteiger partial charge < -0.3 is 19.3 Å². The van der Waals surface area contributed by atoms with Crippen LogP contribution < -0.4 is 14.7 Å². The van der Waals surface area contributed by atoms with Gasteiger partial charge in [-0.05, 0) is 174 Å². The largest absolute Gasteiger partial charge is 0.335 e. The van der Waals surface area contributed by atoms with Crippen LogP contribution in [0.1, 0.15) is 25.3 Å². The minimum Gasteiger partial charge on any atom is -0.335 e. The van der Waals surface area contributed by atoms with Crippen molar-refractivity contribution in [2.45, 2.75) is 32.2 Å². The Kier molecular flexibility index (Phi) is 12.8. The Morgan fingerprint density at radius 1 is 0.390 bits per heavy atom. The SMILES string of the molecule is CC1/C=C\C=C/Cc2cc(N(c3ccc(-c4ccccc4)cc3)c3ccc(-c4ccc(N(c5ccc(-c6ccccc6)cc5)c5ccc6c(c5)c5ccccc5n6C5=CCCC=C5)cc4)cc3)ccc2N1c1ccccc1. The number of fused-ring (bicyclic) bond motifs is 4. The van der Waals surface area contributed by atoms with Crippen molar-refractivity contribution in [3.63, 3.8) is 0 Å². The van der Waals surface area contributed by atoms with Gasteiger partial charge in [0.2, 0.25) is 0 Å². The van der Waals surface area contributed by atoms with E-state index in [1.165, 1.54) is 66.7 Å². The third-order valence-electron chi connectivity index (χ3n) is 15.2. The normalized spacial score (nSPS) is 15.0. The van der Waals surface area contributed by atoms with E-state index in [2.05, 4.69) is 317 Å². The van der Waals surface area contributed by atoms with Crippen LogP contribution in [0.2, 0.25) is 0 Å². The molecule has 370 valence electrons. The first-order valence-corrected chi connectivity index (χ1v) is 26.9. The molecule has 1 atom stereocenters. The molecule has 13 rings (SSSR count). The second kappa shape index (κ2) is 20.9. The van der Waals surface area contributed by atoms with Crippen molar-refractivity contribution in [1.82, 2.24) is 4.57 Å². The highest BCUT2D eigenvalue weighted by molar-refractivity contribution is 6.12. The van der Waals surface area contributed by atoms with Gasteiger partial charge in [-0.25, -0.2) is 0 Å². The molecule has 77 heavy (non-hydrogen) atoms. The quantitative estimate of drug-likeness (QED) is 0.128. The summed E-state index contributed by atoms with van der Waals surface area (Å²) in [4.78, 5) is 7.24. The number of rotatable bonds is 11. The number of hydrogen-bond donors (Lipinski definition) is 0. The molecule has 1 unspecified atom stereocenters. The van der Waals surface area contributed by atoms with Gasteiger partial charge in [-0.2, -0.15) is 0 Å². The van der Waals surface area contributed by atoms with Gasteiger partial charge in [0, 0.05) is 68.0 Å². The van der Waals surface area contributed by atoms with Crippen LogP contribution in [0.25, 0.3) is 60.9 Å². The van der Waals surface area contributed by atoms with Crippen LogP contribution in [0, 0.1) is 0 Å². The van der Waals surface area contributed by atoms with Crippen molar-refractivity contribution in [2.75, 3.05) is 14.7 Å². The third kappa shape index (κ3) is 9.36. The molecule has 0 bridgehead atoms. The number of benzene rings is 10. The van der Waals surface area contributed by atoms with Crippen LogP contribution in [0.4, 0.5) is 45.5 Å². The molecular weight excluding hydrogens is 933 g/mol. The Bertz CT molecular complexity index is 3980. The molecule has 0 amide bonds. The Balaban J connectivity index is 0.867. The molecule has 1 aliphatic carbocycles. The molecule has 4 nitrogen and oxygen atoms in total. The molecule has 0 N–H and O–H groups in total. The molecule has 0 radical (unpaired) electrons. The summed E-state index contributed by atoms with van der Waals surface area (Å²) in [6.45, 7) is 2.27. The lowest BCUT2D eigenvalue weighted by Gasteiger charge is -2.33. The zero-order chi connectivity index (χ0) is 51.5. The summed E-state index contributed by atoms with van der Waals surface area (Å²) in [6, 6.07) is 91.0. The van der Waals surface area contributed by atoms with Gasteiger partial charge >= 0.3 is 0 Å². The van der Waals surface area contributed by atoms with E-state index in [4.69, 9.17) is 0 Å². The Hall–Kier alpha value is -9.64. The van der Waals surface area contributed by atoms with Crippen molar-refractivity contribution in [3.05, 3.63) is 297 Å². The average molecular weight is 991 g/mol. The summed E-state index contributed by atoms with van der Waals surface area (Å²) in [5, 5.41) is 2.48. The zero-order valence-corrected chi connectivity index (χ0v) is 43.2. The van der Waals surface area contributed by atoms with Gasteiger partial charge in [0.15, 0.2) is 0 Å². The van der Waals surface area contributed by atoms with Crippen molar-refractivity contribution in [1.29, 1.82) is 0 Å². The number of nitrogens with zero attached hydrogens (tertiary/aromatic N) is 4. The van der Waals surface area contributed by atoms with E-state index in [-0.39, 0.29) is 6.04 Å². The van der Waals surface area contributed by atoms with E-state index in [9.17, 15) is 0 Å². The monoisotopic (exact) mass is 990 g/mol. The Morgan fingerprint density at radius 3 is 1.40 bits per heavy atom. The highest BCUT2D eigenvalue weighted by Gasteiger charge is 2.23. The molecule has 1 aliphatic heterocycles. The van der Waals surface area contributed by atoms with E-state index < -0.39 is 0 Å². The van der Waals surface area contributed by atoms with Gasteiger partial charge in [-0.3, -0.25) is 0 Å². The number of hydrogen-bond acceptors (Lipinski definition) is 3. The molecule has 0 spiro atoms. The standard InChI is InChI=1S/C73H58N4/c1-53-19-7-2-12-24-60-51-67(47-49-71(60)74(53)61-25-13-5-14-26-61)75(63-39-31-56(32-40-63)54-20-8-3-9-21-54)64-43-35-58(36-44-64)59-37-45-66(46-38-59)76(65-41-33-57(34-42-65)55-22-10-4-11-23-55)68-48-50-73-70(52-68)69-29-17-18-30-72(69)77(73)62-27-15-6-16-28-62/h2-5,7-15,17-23,25-53H,6,16,24H2,1H3/b12-2-,19-7-. The van der Waals surface area contributed by atoms with Crippen molar-refractivity contribution < 1.29 is 0 Å². The molecule has 1 aromatic heterocycles. The van der Waals surface area contributed by atoms with Crippen LogP contribution in [0.15, 0.2) is 291 Å². The van der Waals surface area contributed by atoms with E-state index >= 15 is 0 Å². The van der Waals surface area contributed by atoms with Crippen molar-refractivity contribution >= 4 is 73.0 Å². The molecule has 2 aliphatic rings. The highest BCUT2D eigenvalue weighted by Crippen LogP contribution is 2.44. The minimum absolute atomic E-state index is 0.160. The fraction of sp³-hybridized carbons (Fsp3) is 0.0685. The number of para-hydroxylation sites is 2. The van der Waals surface area contributed by atoms with Crippen molar-refractivity contribution in [2.24, 2.45) is 0 Å². The van der Waals surface area contributed by atoms with Crippen LogP contribution in [0.5, 0.6) is 0 Å². The van der Waals surface area contributed by atoms with E-state index in [1.807, 2.05) is 0 Å². The zero-order valence-electron chi connectivity index (χ0n) is 43.2. The van der Waals surface area contributed by atoms with E-state index in [0.717, 1.165) is 64.5 Å². The lowest BCUT2D eigenvalue weighted by atomic mass is 10.0. The molecule has 4 heteroatoms. The maximum Gasteiger partial charge on any atom is 0.0542 e. The average Bonchev–Trinajstić information content (AvgIpc) is 4.00. The first kappa shape index (κ1) is 47.1. The molecule has 0 saturated heterocycles. The lowest BCUT2D eigenvalue weighted by Crippen LogP contribution is -2.27. The second-order valence-electron chi connectivity index (χ2n) is 20.0. The Labute approximate surface area is 452 Å². The van der Waals surface area contributed by atoms with Crippen molar-refractivity contribution in [3.8, 4) is 33.4 Å². The molecule has 11 aromatic rings. The fourth-order valence-corrected chi connectivity index (χ4v) is 11.4. The van der Waals surface area contributed by atoms with Gasteiger partial charge in [-0.15, -0.1) is 0 Å². The van der Waals surface area contributed by atoms with Gasteiger partial charge in [0.05, 0.1) is 11.0 Å². The summed E-state index contributed by atoms with van der Waals surface area (Å²) in [5.41, 5.74) is 21.0. The molecule has 0 fully saturated rings. The van der Waals surface area contributed by atoms with Gasteiger partial charge in [0.25, 0.3) is 0 Å². The molecule has 10 aromatic carbocycles. The highest BCUT2D eigenvalue weighted by atomic mass is 15.2. The first-order valence-electron chi connectivity index (χ1n) is 26.9. The maximum absolute atomic E-state index is 2.45. The topological polar surface area (TPSA) is 14.7 Å². The van der Waals surface area contributed by atoms with Gasteiger partial charge in [0.1, 0.15) is 0 Å². The summed E-state index contributed by atoms with van der Waals surface area (Å²) in [7, 11) is 0. The summed E-state index contributed by atoms with van der Waals surface area (Å²) in [6.07, 6.45) is 18.8. The van der Waals surface area contributed by atoms with Crippen LogP contribution in [-0.4, -0.2) is 10.6 Å².